The summed E-state index contributed by atoms with van der Waals surface area (Å²) in [6.45, 7) is 4.10. The van der Waals surface area contributed by atoms with Crippen molar-refractivity contribution in [1.29, 1.82) is 0 Å². The topological polar surface area (TPSA) is 62.5 Å². The van der Waals surface area contributed by atoms with Gasteiger partial charge in [-0.1, -0.05) is 13.8 Å². The molecule has 120 valence electrons. The van der Waals surface area contributed by atoms with E-state index in [2.05, 4.69) is 9.98 Å². The maximum absolute atomic E-state index is 13.0. The lowest BCUT2D eigenvalue weighted by molar-refractivity contribution is -0.141. The van der Waals surface area contributed by atoms with E-state index in [0.29, 0.717) is 12.3 Å². The smallest absolute Gasteiger partial charge is 0.433 e. The van der Waals surface area contributed by atoms with Gasteiger partial charge in [-0.15, -0.1) is 11.8 Å². The highest BCUT2D eigenvalue weighted by molar-refractivity contribution is 8.14. The highest BCUT2D eigenvalue weighted by atomic mass is 32.2. The molecule has 1 N–H and O–H groups in total. The van der Waals surface area contributed by atoms with Crippen LogP contribution in [0.4, 0.5) is 13.2 Å². The zero-order valence-electron chi connectivity index (χ0n) is 12.1. The standard InChI is InChI=1S/C14H15F3N2O2S/c1-7(2)5-8-6-9(14(15,16)17)19-11(10(8)13(20)21)12-18-3-4-22-12/h6-7H,3-5H2,1-2H3,(H,20,21). The van der Waals surface area contributed by atoms with Crippen LogP contribution in [0.1, 0.15) is 41.2 Å². The van der Waals surface area contributed by atoms with Crippen molar-refractivity contribution in [3.63, 3.8) is 0 Å². The van der Waals surface area contributed by atoms with Crippen LogP contribution in [-0.4, -0.2) is 33.4 Å². The number of thioether (sulfide) groups is 1. The molecule has 0 aliphatic carbocycles. The Morgan fingerprint density at radius 2 is 2.14 bits per heavy atom. The number of aromatic carboxylic acids is 1. The zero-order valence-corrected chi connectivity index (χ0v) is 12.9. The van der Waals surface area contributed by atoms with Crippen LogP contribution in [0, 0.1) is 5.92 Å². The Kier molecular flexibility index (Phi) is 4.79. The molecule has 0 bridgehead atoms. The number of rotatable bonds is 4. The first-order valence-electron chi connectivity index (χ1n) is 6.72. The number of pyridine rings is 1. The van der Waals surface area contributed by atoms with Crippen molar-refractivity contribution >= 4 is 22.8 Å². The molecule has 4 nitrogen and oxygen atoms in total. The summed E-state index contributed by atoms with van der Waals surface area (Å²) in [6.07, 6.45) is -4.39. The Labute approximate surface area is 129 Å². The van der Waals surface area contributed by atoms with Gasteiger partial charge in [-0.05, 0) is 24.0 Å². The lowest BCUT2D eigenvalue weighted by Gasteiger charge is -2.16. The Morgan fingerprint density at radius 1 is 1.45 bits per heavy atom. The fourth-order valence-electron chi connectivity index (χ4n) is 2.22. The predicted molar refractivity (Wildman–Crippen MR) is 78.6 cm³/mol. The fraction of sp³-hybridized carbons (Fsp3) is 0.500. The number of halogens is 3. The van der Waals surface area contributed by atoms with E-state index < -0.39 is 17.8 Å². The van der Waals surface area contributed by atoms with E-state index in [1.165, 1.54) is 11.8 Å². The molecular weight excluding hydrogens is 317 g/mol. The first kappa shape index (κ1) is 16.8. The average Bonchev–Trinajstić information content (AvgIpc) is 2.89. The second-order valence-corrected chi connectivity index (χ2v) is 6.41. The minimum absolute atomic E-state index is 0.0209. The molecule has 0 unspecified atom stereocenters. The molecule has 1 aromatic rings. The number of carbonyl (C=O) groups is 1. The number of aliphatic imine (C=N–C) groups is 1. The number of nitrogens with zero attached hydrogens (tertiary/aromatic N) is 2. The minimum Gasteiger partial charge on any atom is -0.478 e. The van der Waals surface area contributed by atoms with Crippen LogP contribution >= 0.6 is 11.8 Å². The molecular formula is C14H15F3N2O2S. The largest absolute Gasteiger partial charge is 0.478 e. The Hall–Kier alpha value is -1.57. The van der Waals surface area contributed by atoms with E-state index in [1.54, 1.807) is 0 Å². The Bertz CT molecular complexity index is 627. The molecule has 0 aromatic carbocycles. The van der Waals surface area contributed by atoms with E-state index in [0.717, 1.165) is 6.07 Å². The summed E-state index contributed by atoms with van der Waals surface area (Å²) in [5.74, 6) is -0.638. The molecule has 22 heavy (non-hydrogen) atoms. The van der Waals surface area contributed by atoms with Crippen LogP contribution in [-0.2, 0) is 12.6 Å². The number of hydrogen-bond donors (Lipinski definition) is 1. The quantitative estimate of drug-likeness (QED) is 0.917. The lowest BCUT2D eigenvalue weighted by atomic mass is 9.96. The van der Waals surface area contributed by atoms with Crippen LogP contribution in [0.15, 0.2) is 11.1 Å². The molecule has 1 aromatic heterocycles. The van der Waals surface area contributed by atoms with E-state index in [4.69, 9.17) is 0 Å². The molecule has 0 atom stereocenters. The van der Waals surface area contributed by atoms with Gasteiger partial charge in [0, 0.05) is 12.3 Å². The first-order chi connectivity index (χ1) is 10.2. The van der Waals surface area contributed by atoms with Gasteiger partial charge in [0.2, 0.25) is 0 Å². The SMILES string of the molecule is CC(C)Cc1cc(C(F)(F)F)nc(C2=NCCS2)c1C(=O)O. The van der Waals surface area contributed by atoms with Gasteiger partial charge in [-0.25, -0.2) is 9.78 Å². The highest BCUT2D eigenvalue weighted by Gasteiger charge is 2.36. The van der Waals surface area contributed by atoms with Crippen molar-refractivity contribution in [2.45, 2.75) is 26.4 Å². The van der Waals surface area contributed by atoms with Crippen molar-refractivity contribution in [1.82, 2.24) is 4.98 Å². The van der Waals surface area contributed by atoms with Crippen LogP contribution in [0.25, 0.3) is 0 Å². The third-order valence-corrected chi connectivity index (χ3v) is 4.00. The van der Waals surface area contributed by atoms with Gasteiger partial charge < -0.3 is 5.11 Å². The van der Waals surface area contributed by atoms with Gasteiger partial charge in [0.1, 0.15) is 16.4 Å². The summed E-state index contributed by atoms with van der Waals surface area (Å²) < 4.78 is 39.1. The summed E-state index contributed by atoms with van der Waals surface area (Å²) in [5.41, 5.74) is -1.26. The summed E-state index contributed by atoms with van der Waals surface area (Å²) >= 11 is 1.23. The molecule has 1 aliphatic heterocycles. The summed E-state index contributed by atoms with van der Waals surface area (Å²) in [7, 11) is 0. The summed E-state index contributed by atoms with van der Waals surface area (Å²) in [4.78, 5) is 19.2. The number of aromatic nitrogens is 1. The maximum atomic E-state index is 13.0. The van der Waals surface area contributed by atoms with Crippen molar-refractivity contribution < 1.29 is 23.1 Å². The van der Waals surface area contributed by atoms with Gasteiger partial charge in [0.15, 0.2) is 0 Å². The highest BCUT2D eigenvalue weighted by Crippen LogP contribution is 2.32. The van der Waals surface area contributed by atoms with Crippen molar-refractivity contribution in [2.24, 2.45) is 10.9 Å². The van der Waals surface area contributed by atoms with E-state index in [-0.39, 0.29) is 34.2 Å². The van der Waals surface area contributed by atoms with Crippen LogP contribution in [0.2, 0.25) is 0 Å². The van der Waals surface area contributed by atoms with Crippen LogP contribution in [0.5, 0.6) is 0 Å². The van der Waals surface area contributed by atoms with Gasteiger partial charge in [-0.2, -0.15) is 13.2 Å². The molecule has 0 spiro atoms. The van der Waals surface area contributed by atoms with E-state index in [1.807, 2.05) is 13.8 Å². The monoisotopic (exact) mass is 332 g/mol. The summed E-state index contributed by atoms with van der Waals surface area (Å²) in [6, 6.07) is 0.840. The second kappa shape index (κ2) is 6.28. The van der Waals surface area contributed by atoms with Crippen LogP contribution in [0.3, 0.4) is 0 Å². The van der Waals surface area contributed by atoms with E-state index in [9.17, 15) is 23.1 Å². The number of carboxylic acids is 1. The molecule has 0 radical (unpaired) electrons. The second-order valence-electron chi connectivity index (χ2n) is 5.33. The van der Waals surface area contributed by atoms with Gasteiger partial charge in [-0.3, -0.25) is 4.99 Å². The third-order valence-electron chi connectivity index (χ3n) is 3.02. The van der Waals surface area contributed by atoms with Crippen molar-refractivity contribution in [3.05, 3.63) is 28.6 Å². The van der Waals surface area contributed by atoms with Gasteiger partial charge in [0.05, 0.1) is 5.56 Å². The van der Waals surface area contributed by atoms with Gasteiger partial charge >= 0.3 is 12.1 Å². The van der Waals surface area contributed by atoms with Crippen LogP contribution < -0.4 is 0 Å². The molecule has 0 fully saturated rings. The molecule has 1 aliphatic rings. The number of carboxylic acid groups (broad SMARTS) is 1. The Morgan fingerprint density at radius 3 is 2.59 bits per heavy atom. The zero-order chi connectivity index (χ0) is 16.5. The molecule has 0 amide bonds. The third kappa shape index (κ3) is 3.60. The molecule has 8 heteroatoms. The minimum atomic E-state index is -4.62. The molecule has 0 saturated carbocycles. The fourth-order valence-corrected chi connectivity index (χ4v) is 3.06. The lowest BCUT2D eigenvalue weighted by Crippen LogP contribution is -2.19. The molecule has 2 rings (SSSR count). The Balaban J connectivity index is 2.69. The van der Waals surface area contributed by atoms with E-state index >= 15 is 0 Å². The molecule has 2 heterocycles. The van der Waals surface area contributed by atoms with Gasteiger partial charge in [0.25, 0.3) is 0 Å². The van der Waals surface area contributed by atoms with Crippen molar-refractivity contribution in [3.8, 4) is 0 Å². The molecule has 0 saturated heterocycles. The first-order valence-corrected chi connectivity index (χ1v) is 7.70. The average molecular weight is 332 g/mol. The maximum Gasteiger partial charge on any atom is 0.433 e. The van der Waals surface area contributed by atoms with Crippen molar-refractivity contribution in [2.75, 3.05) is 12.3 Å². The summed E-state index contributed by atoms with van der Waals surface area (Å²) in [5, 5.41) is 9.70. The normalized spacial score (nSPS) is 15.3. The predicted octanol–water partition coefficient (Wildman–Crippen LogP) is 3.49. The number of alkyl halides is 3. The number of hydrogen-bond acceptors (Lipinski definition) is 4.